The maximum Gasteiger partial charge on any atom is 0.360 e. The average molecular weight is 254 g/mol. The van der Waals surface area contributed by atoms with Crippen molar-refractivity contribution >= 4 is 5.97 Å². The lowest BCUT2D eigenvalue weighted by molar-refractivity contribution is 0.0000670. The van der Waals surface area contributed by atoms with E-state index in [0.717, 1.165) is 26.3 Å². The molecule has 2 rings (SSSR count). The van der Waals surface area contributed by atoms with Crippen LogP contribution in [0.1, 0.15) is 23.2 Å². The fraction of sp³-hybridized carbons (Fsp3) is 0.667. The number of morpholine rings is 1. The molecule has 1 saturated heterocycles. The highest BCUT2D eigenvalue weighted by Crippen LogP contribution is 2.09. The predicted molar refractivity (Wildman–Crippen MR) is 63.4 cm³/mol. The second-order valence-electron chi connectivity index (χ2n) is 4.39. The van der Waals surface area contributed by atoms with Gasteiger partial charge in [0, 0.05) is 19.6 Å². The minimum absolute atomic E-state index is 0.174. The van der Waals surface area contributed by atoms with Gasteiger partial charge in [0.15, 0.2) is 12.1 Å². The summed E-state index contributed by atoms with van der Waals surface area (Å²) in [4.78, 5) is 17.9. The molecule has 2 heterocycles. The van der Waals surface area contributed by atoms with E-state index >= 15 is 0 Å². The molecule has 0 bridgehead atoms. The topological polar surface area (TPSA) is 64.8 Å². The maximum atomic E-state index is 11.8. The third-order valence-corrected chi connectivity index (χ3v) is 2.87. The Kier molecular flexibility index (Phi) is 4.33. The third-order valence-electron chi connectivity index (χ3n) is 2.87. The van der Waals surface area contributed by atoms with Crippen LogP contribution in [0.25, 0.3) is 0 Å². The molecule has 0 aliphatic carbocycles. The number of hydrogen-bond donors (Lipinski definition) is 0. The van der Waals surface area contributed by atoms with Crippen molar-refractivity contribution in [3.63, 3.8) is 0 Å². The van der Waals surface area contributed by atoms with Gasteiger partial charge in [0.1, 0.15) is 11.9 Å². The van der Waals surface area contributed by atoms with Gasteiger partial charge >= 0.3 is 5.97 Å². The zero-order chi connectivity index (χ0) is 13.0. The molecule has 1 aromatic heterocycles. The summed E-state index contributed by atoms with van der Waals surface area (Å²) in [7, 11) is 0. The van der Waals surface area contributed by atoms with E-state index in [1.807, 2.05) is 6.92 Å². The number of hydrogen-bond acceptors (Lipinski definition) is 6. The van der Waals surface area contributed by atoms with Gasteiger partial charge in [-0.3, -0.25) is 4.90 Å². The summed E-state index contributed by atoms with van der Waals surface area (Å²) in [5.74, 6) is 0.0561. The molecule has 18 heavy (non-hydrogen) atoms. The molecule has 1 aliphatic heterocycles. The highest BCUT2D eigenvalue weighted by Gasteiger charge is 2.20. The first-order valence-corrected chi connectivity index (χ1v) is 6.08. The van der Waals surface area contributed by atoms with Crippen LogP contribution in [0.5, 0.6) is 0 Å². The number of esters is 1. The largest absolute Gasteiger partial charge is 0.456 e. The van der Waals surface area contributed by atoms with Crippen LogP contribution in [-0.4, -0.2) is 54.8 Å². The van der Waals surface area contributed by atoms with Crippen LogP contribution in [-0.2, 0) is 9.47 Å². The smallest absolute Gasteiger partial charge is 0.360 e. The Bertz CT molecular complexity index is 399. The molecule has 1 fully saturated rings. The minimum atomic E-state index is -0.429. The molecule has 6 heteroatoms. The van der Waals surface area contributed by atoms with Crippen molar-refractivity contribution in [3.05, 3.63) is 17.8 Å². The van der Waals surface area contributed by atoms with E-state index in [1.165, 1.54) is 6.39 Å². The molecule has 0 spiro atoms. The van der Waals surface area contributed by atoms with E-state index in [1.54, 1.807) is 6.92 Å². The van der Waals surface area contributed by atoms with Gasteiger partial charge in [-0.2, -0.15) is 0 Å². The Morgan fingerprint density at radius 2 is 2.28 bits per heavy atom. The number of oxazole rings is 1. The minimum Gasteiger partial charge on any atom is -0.456 e. The summed E-state index contributed by atoms with van der Waals surface area (Å²) >= 11 is 0. The van der Waals surface area contributed by atoms with Crippen LogP contribution in [0.2, 0.25) is 0 Å². The van der Waals surface area contributed by atoms with Gasteiger partial charge in [-0.15, -0.1) is 0 Å². The van der Waals surface area contributed by atoms with Gasteiger partial charge in [-0.05, 0) is 13.8 Å². The van der Waals surface area contributed by atoms with E-state index in [4.69, 9.17) is 13.9 Å². The van der Waals surface area contributed by atoms with E-state index < -0.39 is 5.97 Å². The summed E-state index contributed by atoms with van der Waals surface area (Å²) in [5.41, 5.74) is 0.254. The molecule has 0 radical (unpaired) electrons. The molecular weight excluding hydrogens is 236 g/mol. The Morgan fingerprint density at radius 3 is 2.89 bits per heavy atom. The molecule has 1 atom stereocenters. The molecule has 6 nitrogen and oxygen atoms in total. The molecule has 0 aromatic carbocycles. The summed E-state index contributed by atoms with van der Waals surface area (Å²) < 4.78 is 15.6. The summed E-state index contributed by atoms with van der Waals surface area (Å²) in [6.07, 6.45) is 1.07. The zero-order valence-electron chi connectivity index (χ0n) is 10.7. The molecular formula is C12H18N2O4. The van der Waals surface area contributed by atoms with E-state index in [-0.39, 0.29) is 11.8 Å². The Labute approximate surface area is 106 Å². The quantitative estimate of drug-likeness (QED) is 0.742. The van der Waals surface area contributed by atoms with E-state index in [0.29, 0.717) is 12.3 Å². The first-order chi connectivity index (χ1) is 8.66. The van der Waals surface area contributed by atoms with Gasteiger partial charge in [0.25, 0.3) is 0 Å². The molecule has 1 aromatic rings. The summed E-state index contributed by atoms with van der Waals surface area (Å²) in [5, 5.41) is 0. The van der Waals surface area contributed by atoms with Gasteiger partial charge in [0.2, 0.25) is 0 Å². The van der Waals surface area contributed by atoms with Gasteiger partial charge in [-0.1, -0.05) is 0 Å². The fourth-order valence-corrected chi connectivity index (χ4v) is 1.92. The lowest BCUT2D eigenvalue weighted by atomic mass is 10.3. The van der Waals surface area contributed by atoms with Crippen molar-refractivity contribution in [2.24, 2.45) is 0 Å². The number of aryl methyl sites for hydroxylation is 1. The van der Waals surface area contributed by atoms with Crippen LogP contribution in [0.4, 0.5) is 0 Å². The number of carbonyl (C=O) groups is 1. The molecule has 0 N–H and O–H groups in total. The first-order valence-electron chi connectivity index (χ1n) is 6.08. The van der Waals surface area contributed by atoms with Crippen molar-refractivity contribution in [1.82, 2.24) is 9.88 Å². The Balaban J connectivity index is 1.81. The van der Waals surface area contributed by atoms with Crippen LogP contribution < -0.4 is 0 Å². The highest BCUT2D eigenvalue weighted by molar-refractivity contribution is 5.88. The standard InChI is InChI=1S/C12H18N2O4/c1-9(7-14-3-5-16-6-4-14)18-12(15)11-10(2)17-8-13-11/h8-9H,3-7H2,1-2H3/t9-/m0/s1. The van der Waals surface area contributed by atoms with Gasteiger partial charge in [0.05, 0.1) is 13.2 Å². The number of nitrogens with zero attached hydrogens (tertiary/aromatic N) is 2. The second-order valence-corrected chi connectivity index (χ2v) is 4.39. The number of rotatable bonds is 4. The number of ether oxygens (including phenoxy) is 2. The zero-order valence-corrected chi connectivity index (χ0v) is 10.7. The lowest BCUT2D eigenvalue weighted by Gasteiger charge is -2.28. The van der Waals surface area contributed by atoms with Crippen LogP contribution >= 0.6 is 0 Å². The molecule has 0 unspecified atom stereocenters. The molecule has 0 amide bonds. The predicted octanol–water partition coefficient (Wildman–Crippen LogP) is 0.861. The summed E-state index contributed by atoms with van der Waals surface area (Å²) in [6, 6.07) is 0. The second kappa shape index (κ2) is 5.97. The molecule has 100 valence electrons. The number of aromatic nitrogens is 1. The Hall–Kier alpha value is -1.40. The normalized spacial score (nSPS) is 18.6. The monoisotopic (exact) mass is 254 g/mol. The first kappa shape index (κ1) is 13.0. The van der Waals surface area contributed by atoms with Crippen molar-refractivity contribution in [3.8, 4) is 0 Å². The van der Waals surface area contributed by atoms with E-state index in [9.17, 15) is 4.79 Å². The van der Waals surface area contributed by atoms with E-state index in [2.05, 4.69) is 9.88 Å². The van der Waals surface area contributed by atoms with Gasteiger partial charge < -0.3 is 13.9 Å². The SMILES string of the molecule is Cc1ocnc1C(=O)O[C@@H](C)CN1CCOCC1. The van der Waals surface area contributed by atoms with Crippen molar-refractivity contribution in [2.75, 3.05) is 32.8 Å². The summed E-state index contributed by atoms with van der Waals surface area (Å²) in [6.45, 7) is 7.52. The lowest BCUT2D eigenvalue weighted by Crippen LogP contribution is -2.41. The maximum absolute atomic E-state index is 11.8. The van der Waals surface area contributed by atoms with Crippen molar-refractivity contribution < 1.29 is 18.7 Å². The van der Waals surface area contributed by atoms with Crippen LogP contribution in [0, 0.1) is 6.92 Å². The highest BCUT2D eigenvalue weighted by atomic mass is 16.5. The van der Waals surface area contributed by atoms with Crippen molar-refractivity contribution in [1.29, 1.82) is 0 Å². The molecule has 0 saturated carbocycles. The number of carbonyl (C=O) groups excluding carboxylic acids is 1. The van der Waals surface area contributed by atoms with Crippen LogP contribution in [0.3, 0.4) is 0 Å². The van der Waals surface area contributed by atoms with Gasteiger partial charge in [-0.25, -0.2) is 9.78 Å². The fourth-order valence-electron chi connectivity index (χ4n) is 1.92. The van der Waals surface area contributed by atoms with Crippen LogP contribution in [0.15, 0.2) is 10.8 Å². The van der Waals surface area contributed by atoms with Crippen molar-refractivity contribution in [2.45, 2.75) is 20.0 Å². The average Bonchev–Trinajstić information content (AvgIpc) is 2.76. The Morgan fingerprint density at radius 1 is 1.56 bits per heavy atom. The third kappa shape index (κ3) is 3.30. The molecule has 1 aliphatic rings.